The molecule has 0 spiro atoms. The van der Waals surface area contributed by atoms with Crippen molar-refractivity contribution in [2.75, 3.05) is 6.61 Å². The van der Waals surface area contributed by atoms with Gasteiger partial charge in [0.05, 0.1) is 28.3 Å². The van der Waals surface area contributed by atoms with Gasteiger partial charge in [0, 0.05) is 17.8 Å². The van der Waals surface area contributed by atoms with Gasteiger partial charge < -0.3 is 25.6 Å². The van der Waals surface area contributed by atoms with E-state index >= 15 is 0 Å². The molecular weight excluding hydrogens is 469 g/mol. The Balaban J connectivity index is 1.35. The van der Waals surface area contributed by atoms with Gasteiger partial charge in [-0.2, -0.15) is 0 Å². The number of fused-ring (bicyclic) bond motifs is 3. The van der Waals surface area contributed by atoms with E-state index in [1.54, 1.807) is 24.3 Å². The fourth-order valence-corrected chi connectivity index (χ4v) is 4.98. The smallest absolute Gasteiger partial charge is 0.270 e. The summed E-state index contributed by atoms with van der Waals surface area (Å²) in [6.07, 6.45) is 3.27. The minimum absolute atomic E-state index is 0.177. The number of carbonyl (C=O) groups excluding carboxylic acids is 2. The number of hydrogen-bond acceptors (Lipinski definition) is 6. The Hall–Kier alpha value is -2.39. The van der Waals surface area contributed by atoms with E-state index in [2.05, 4.69) is 15.6 Å². The third-order valence-corrected chi connectivity index (χ3v) is 7.33. The van der Waals surface area contributed by atoms with Gasteiger partial charge in [-0.3, -0.25) is 14.6 Å². The Bertz CT molecular complexity index is 1060. The summed E-state index contributed by atoms with van der Waals surface area (Å²) >= 11 is 11.9. The lowest BCUT2D eigenvalue weighted by Crippen LogP contribution is -2.70. The molecule has 3 aliphatic rings. The molecule has 0 radical (unpaired) electrons. The Labute approximate surface area is 201 Å². The SMILES string of the molecule is O=C(COc1ccc(Cl)c(Cl)c1)NC12CCC(NC(=O)c3cc(CO)ccn3)(CC1)C[C@@H]2O. The Kier molecular flexibility index (Phi) is 6.81. The van der Waals surface area contributed by atoms with Crippen molar-refractivity contribution in [2.24, 2.45) is 0 Å². The van der Waals surface area contributed by atoms with Crippen molar-refractivity contribution in [3.8, 4) is 5.75 Å². The van der Waals surface area contributed by atoms with Crippen LogP contribution in [-0.4, -0.2) is 50.8 Å². The van der Waals surface area contributed by atoms with Crippen LogP contribution in [0.3, 0.4) is 0 Å². The number of aliphatic hydroxyl groups excluding tert-OH is 2. The zero-order valence-electron chi connectivity index (χ0n) is 17.8. The molecule has 0 aliphatic heterocycles. The van der Waals surface area contributed by atoms with Gasteiger partial charge in [0.25, 0.3) is 11.8 Å². The topological polar surface area (TPSA) is 121 Å². The molecule has 1 aromatic carbocycles. The van der Waals surface area contributed by atoms with Crippen molar-refractivity contribution >= 4 is 35.0 Å². The van der Waals surface area contributed by atoms with Crippen LogP contribution in [0.25, 0.3) is 0 Å². The van der Waals surface area contributed by atoms with Gasteiger partial charge in [-0.1, -0.05) is 23.2 Å². The average Bonchev–Trinajstić information content (AvgIpc) is 2.81. The molecule has 1 atom stereocenters. The van der Waals surface area contributed by atoms with Crippen LogP contribution >= 0.6 is 23.2 Å². The largest absolute Gasteiger partial charge is 0.484 e. The van der Waals surface area contributed by atoms with Crippen molar-refractivity contribution in [1.82, 2.24) is 15.6 Å². The van der Waals surface area contributed by atoms with E-state index in [1.165, 1.54) is 12.3 Å². The fourth-order valence-electron chi connectivity index (χ4n) is 4.69. The molecule has 0 saturated heterocycles. The number of aromatic nitrogens is 1. The first-order valence-electron chi connectivity index (χ1n) is 10.7. The molecular formula is C23H25Cl2N3O5. The van der Waals surface area contributed by atoms with Crippen LogP contribution in [0.5, 0.6) is 5.75 Å². The summed E-state index contributed by atoms with van der Waals surface area (Å²) in [5.41, 5.74) is -0.485. The minimum Gasteiger partial charge on any atom is -0.484 e. The van der Waals surface area contributed by atoms with E-state index in [-0.39, 0.29) is 30.7 Å². The van der Waals surface area contributed by atoms with Gasteiger partial charge in [0.1, 0.15) is 11.4 Å². The molecule has 4 N–H and O–H groups in total. The monoisotopic (exact) mass is 493 g/mol. The van der Waals surface area contributed by atoms with Gasteiger partial charge >= 0.3 is 0 Å². The van der Waals surface area contributed by atoms with Crippen molar-refractivity contribution in [1.29, 1.82) is 0 Å². The number of carbonyl (C=O) groups is 2. The van der Waals surface area contributed by atoms with E-state index in [4.69, 9.17) is 27.9 Å². The zero-order valence-corrected chi connectivity index (χ0v) is 19.3. The molecule has 0 unspecified atom stereocenters. The zero-order chi connectivity index (χ0) is 23.6. The molecule has 2 amide bonds. The maximum absolute atomic E-state index is 12.8. The van der Waals surface area contributed by atoms with E-state index < -0.39 is 17.2 Å². The summed E-state index contributed by atoms with van der Waals surface area (Å²) in [5, 5.41) is 26.9. The number of halogens is 2. The summed E-state index contributed by atoms with van der Waals surface area (Å²) in [6.45, 7) is -0.398. The summed E-state index contributed by atoms with van der Waals surface area (Å²) in [6, 6.07) is 7.94. The highest BCUT2D eigenvalue weighted by Gasteiger charge is 2.55. The van der Waals surface area contributed by atoms with E-state index in [9.17, 15) is 19.8 Å². The normalized spacial score (nSPS) is 26.0. The lowest BCUT2D eigenvalue weighted by Gasteiger charge is -2.56. The van der Waals surface area contributed by atoms with Crippen LogP contribution in [0, 0.1) is 0 Å². The molecule has 5 rings (SSSR count). The molecule has 176 valence electrons. The second kappa shape index (κ2) is 9.46. The van der Waals surface area contributed by atoms with Crippen LogP contribution in [0.4, 0.5) is 0 Å². The number of rotatable bonds is 7. The van der Waals surface area contributed by atoms with E-state index in [0.717, 1.165) is 0 Å². The lowest BCUT2D eigenvalue weighted by molar-refractivity contribution is -0.132. The van der Waals surface area contributed by atoms with E-state index in [0.29, 0.717) is 53.5 Å². The molecule has 8 nitrogen and oxygen atoms in total. The first-order valence-corrected chi connectivity index (χ1v) is 11.5. The summed E-state index contributed by atoms with van der Waals surface area (Å²) in [7, 11) is 0. The molecule has 33 heavy (non-hydrogen) atoms. The fraction of sp³-hybridized carbons (Fsp3) is 0.435. The second-order valence-electron chi connectivity index (χ2n) is 8.73. The number of hydrogen-bond donors (Lipinski definition) is 4. The number of ether oxygens (including phenoxy) is 1. The number of nitrogens with one attached hydrogen (secondary N) is 2. The summed E-state index contributed by atoms with van der Waals surface area (Å²) < 4.78 is 5.50. The highest BCUT2D eigenvalue weighted by Crippen LogP contribution is 2.47. The Morgan fingerprint density at radius 2 is 1.85 bits per heavy atom. The third kappa shape index (κ3) is 5.09. The Morgan fingerprint density at radius 1 is 1.09 bits per heavy atom. The predicted molar refractivity (Wildman–Crippen MR) is 122 cm³/mol. The highest BCUT2D eigenvalue weighted by molar-refractivity contribution is 6.42. The second-order valence-corrected chi connectivity index (χ2v) is 9.55. The maximum atomic E-state index is 12.8. The molecule has 2 aromatic rings. The predicted octanol–water partition coefficient (Wildman–Crippen LogP) is 2.62. The number of nitrogens with zero attached hydrogens (tertiary/aromatic N) is 1. The maximum Gasteiger partial charge on any atom is 0.270 e. The van der Waals surface area contributed by atoms with Crippen molar-refractivity contribution in [2.45, 2.75) is 55.9 Å². The van der Waals surface area contributed by atoms with Crippen molar-refractivity contribution in [3.05, 3.63) is 57.8 Å². The summed E-state index contributed by atoms with van der Waals surface area (Å²) in [5.74, 6) is -0.264. The highest BCUT2D eigenvalue weighted by atomic mass is 35.5. The van der Waals surface area contributed by atoms with Gasteiger partial charge in [-0.25, -0.2) is 0 Å². The van der Waals surface area contributed by atoms with Crippen LogP contribution < -0.4 is 15.4 Å². The van der Waals surface area contributed by atoms with Crippen molar-refractivity contribution in [3.63, 3.8) is 0 Å². The molecule has 1 heterocycles. The third-order valence-electron chi connectivity index (χ3n) is 6.59. The first kappa shape index (κ1) is 23.8. The first-order chi connectivity index (χ1) is 15.7. The number of benzene rings is 1. The molecule has 3 aliphatic carbocycles. The van der Waals surface area contributed by atoms with Gasteiger partial charge in [-0.05, 0) is 61.9 Å². The number of pyridine rings is 1. The van der Waals surface area contributed by atoms with Gasteiger partial charge in [0.2, 0.25) is 0 Å². The van der Waals surface area contributed by atoms with Crippen LogP contribution in [0.15, 0.2) is 36.5 Å². The average molecular weight is 494 g/mol. The molecule has 2 bridgehead atoms. The number of amides is 2. The van der Waals surface area contributed by atoms with Crippen LogP contribution in [-0.2, 0) is 11.4 Å². The molecule has 3 saturated carbocycles. The lowest BCUT2D eigenvalue weighted by atomic mass is 9.60. The van der Waals surface area contributed by atoms with Gasteiger partial charge in [0.15, 0.2) is 6.61 Å². The summed E-state index contributed by atoms with van der Waals surface area (Å²) in [4.78, 5) is 29.4. The standard InChI is InChI=1S/C23H25Cl2N3O5/c24-16-2-1-15(10-17(16)25)33-13-20(31)27-23-6-4-22(5-7-23,11-19(23)30)28-21(32)18-9-14(12-29)3-8-26-18/h1-3,8-10,19,29-30H,4-7,11-13H2,(H,27,31)(H,28,32)/t19-,22?,23?/m0/s1. The molecule has 3 fully saturated rings. The quantitative estimate of drug-likeness (QED) is 0.470. The molecule has 10 heteroatoms. The molecule has 1 aromatic heterocycles. The van der Waals surface area contributed by atoms with Crippen LogP contribution in [0.1, 0.15) is 48.2 Å². The minimum atomic E-state index is -0.814. The van der Waals surface area contributed by atoms with E-state index in [1.807, 2.05) is 0 Å². The van der Waals surface area contributed by atoms with Crippen molar-refractivity contribution < 1.29 is 24.5 Å². The Morgan fingerprint density at radius 3 is 2.52 bits per heavy atom. The van der Waals surface area contributed by atoms with Gasteiger partial charge in [-0.15, -0.1) is 0 Å². The number of aliphatic hydroxyl groups is 2. The van der Waals surface area contributed by atoms with Crippen LogP contribution in [0.2, 0.25) is 10.0 Å².